The van der Waals surface area contributed by atoms with E-state index >= 15 is 0 Å². The number of hydrogen-bond acceptors (Lipinski definition) is 7. The van der Waals surface area contributed by atoms with Gasteiger partial charge in [0.2, 0.25) is 0 Å². The minimum Gasteiger partial charge on any atom is -0.487 e. The van der Waals surface area contributed by atoms with Crippen molar-refractivity contribution in [2.24, 2.45) is 0 Å². The van der Waals surface area contributed by atoms with Crippen LogP contribution in [-0.4, -0.2) is 30.0 Å². The first-order valence-corrected chi connectivity index (χ1v) is 10.6. The van der Waals surface area contributed by atoms with Crippen LogP contribution in [0.5, 0.6) is 5.75 Å². The van der Waals surface area contributed by atoms with Crippen molar-refractivity contribution in [3.05, 3.63) is 76.0 Å². The van der Waals surface area contributed by atoms with Crippen LogP contribution in [0.1, 0.15) is 27.5 Å². The van der Waals surface area contributed by atoms with E-state index in [1.807, 2.05) is 18.4 Å². The van der Waals surface area contributed by atoms with E-state index in [0.717, 1.165) is 15.6 Å². The van der Waals surface area contributed by atoms with Gasteiger partial charge in [0.05, 0.1) is 34.4 Å². The zero-order valence-electron chi connectivity index (χ0n) is 17.3. The number of amides is 1. The van der Waals surface area contributed by atoms with Crippen LogP contribution in [0.3, 0.4) is 0 Å². The van der Waals surface area contributed by atoms with Crippen molar-refractivity contribution in [3.8, 4) is 11.8 Å². The molecule has 9 heteroatoms. The highest BCUT2D eigenvalue weighted by atomic mass is 32.1. The fraction of sp³-hybridized carbons (Fsp3) is 0.217. The number of rotatable bonds is 9. The van der Waals surface area contributed by atoms with Crippen molar-refractivity contribution < 1.29 is 23.5 Å². The number of benzene rings is 2. The molecule has 3 rings (SSSR count). The molecule has 1 aromatic heterocycles. The van der Waals surface area contributed by atoms with Crippen LogP contribution in [0.4, 0.5) is 10.1 Å². The Morgan fingerprint density at radius 3 is 2.59 bits per heavy atom. The van der Waals surface area contributed by atoms with Gasteiger partial charge in [-0.2, -0.15) is 5.26 Å². The number of ether oxygens (including phenoxy) is 2. The smallest absolute Gasteiger partial charge is 0.338 e. The Kier molecular flexibility index (Phi) is 7.89. The average molecular weight is 453 g/mol. The molecule has 7 nitrogen and oxygen atoms in total. The maximum absolute atomic E-state index is 14.1. The van der Waals surface area contributed by atoms with Gasteiger partial charge >= 0.3 is 5.97 Å². The maximum atomic E-state index is 14.1. The summed E-state index contributed by atoms with van der Waals surface area (Å²) in [5, 5.41) is 11.7. The van der Waals surface area contributed by atoms with E-state index in [4.69, 9.17) is 14.7 Å². The predicted molar refractivity (Wildman–Crippen MR) is 117 cm³/mol. The normalized spacial score (nSPS) is 10.3. The number of halogens is 1. The number of aromatic nitrogens is 1. The Morgan fingerprint density at radius 1 is 1.19 bits per heavy atom. The van der Waals surface area contributed by atoms with Gasteiger partial charge in [-0.05, 0) is 43.3 Å². The molecule has 1 amide bonds. The lowest BCUT2D eigenvalue weighted by Gasteiger charge is -2.22. The number of nitriles is 1. The molecule has 2 aromatic carbocycles. The molecule has 0 fully saturated rings. The van der Waals surface area contributed by atoms with Crippen LogP contribution in [0, 0.1) is 24.1 Å². The van der Waals surface area contributed by atoms with Gasteiger partial charge in [0.15, 0.2) is 6.61 Å². The molecule has 0 N–H and O–H groups in total. The van der Waals surface area contributed by atoms with Gasteiger partial charge < -0.3 is 14.4 Å². The summed E-state index contributed by atoms with van der Waals surface area (Å²) in [5.41, 5.74) is 1.09. The standard InChI is InChI=1S/C23H20FN3O4S/c1-16-26-18(15-32-16)13-30-19-9-7-17(8-10-19)23(29)31-14-22(28)27(12-4-11-25)21-6-3-2-5-20(21)24/h2-3,5-10,15H,4,12-14H2,1H3. The monoisotopic (exact) mass is 453 g/mol. The first-order valence-electron chi connectivity index (χ1n) is 9.70. The Labute approximate surface area is 188 Å². The number of esters is 1. The van der Waals surface area contributed by atoms with E-state index in [-0.39, 0.29) is 24.2 Å². The number of para-hydroxylation sites is 1. The van der Waals surface area contributed by atoms with Crippen molar-refractivity contribution in [2.45, 2.75) is 20.0 Å². The summed E-state index contributed by atoms with van der Waals surface area (Å²) < 4.78 is 24.8. The number of nitrogens with zero attached hydrogens (tertiary/aromatic N) is 3. The van der Waals surface area contributed by atoms with Crippen LogP contribution in [-0.2, 0) is 16.1 Å². The highest BCUT2D eigenvalue weighted by Crippen LogP contribution is 2.20. The molecule has 0 atom stereocenters. The lowest BCUT2D eigenvalue weighted by atomic mass is 10.2. The molecular weight excluding hydrogens is 433 g/mol. The molecule has 0 saturated carbocycles. The summed E-state index contributed by atoms with van der Waals surface area (Å²) in [6.45, 7) is 1.63. The average Bonchev–Trinajstić information content (AvgIpc) is 3.22. The van der Waals surface area contributed by atoms with E-state index < -0.39 is 24.3 Å². The van der Waals surface area contributed by atoms with E-state index in [1.54, 1.807) is 18.2 Å². The Bertz CT molecular complexity index is 1120. The Morgan fingerprint density at radius 2 is 1.94 bits per heavy atom. The number of anilines is 1. The molecular formula is C23H20FN3O4S. The largest absolute Gasteiger partial charge is 0.487 e. The molecule has 0 radical (unpaired) electrons. The summed E-state index contributed by atoms with van der Waals surface area (Å²) in [6, 6.07) is 13.9. The first-order chi connectivity index (χ1) is 15.5. The van der Waals surface area contributed by atoms with Crippen molar-refractivity contribution in [2.75, 3.05) is 18.1 Å². The Balaban J connectivity index is 1.56. The molecule has 3 aromatic rings. The van der Waals surface area contributed by atoms with Crippen molar-refractivity contribution in [3.63, 3.8) is 0 Å². The van der Waals surface area contributed by atoms with Gasteiger partial charge in [-0.15, -0.1) is 11.3 Å². The van der Waals surface area contributed by atoms with Crippen molar-refractivity contribution in [1.29, 1.82) is 5.26 Å². The maximum Gasteiger partial charge on any atom is 0.338 e. The van der Waals surface area contributed by atoms with Gasteiger partial charge in [-0.1, -0.05) is 12.1 Å². The third-order valence-electron chi connectivity index (χ3n) is 4.36. The zero-order valence-corrected chi connectivity index (χ0v) is 18.1. The lowest BCUT2D eigenvalue weighted by Crippen LogP contribution is -2.36. The summed E-state index contributed by atoms with van der Waals surface area (Å²) in [5.74, 6) is -1.37. The van der Waals surface area contributed by atoms with E-state index in [1.165, 1.54) is 41.7 Å². The minimum absolute atomic E-state index is 0.00987. The van der Waals surface area contributed by atoms with E-state index in [9.17, 15) is 14.0 Å². The molecule has 0 aliphatic carbocycles. The van der Waals surface area contributed by atoms with Crippen molar-refractivity contribution >= 4 is 28.9 Å². The predicted octanol–water partition coefficient (Wildman–Crippen LogP) is 4.27. The van der Waals surface area contributed by atoms with E-state index in [2.05, 4.69) is 4.98 Å². The lowest BCUT2D eigenvalue weighted by molar-refractivity contribution is -0.121. The van der Waals surface area contributed by atoms with Gasteiger partial charge in [0.25, 0.3) is 5.91 Å². The number of thiazole rings is 1. The molecule has 0 unspecified atom stereocenters. The van der Waals surface area contributed by atoms with Crippen LogP contribution >= 0.6 is 11.3 Å². The van der Waals surface area contributed by atoms with Crippen LogP contribution < -0.4 is 9.64 Å². The second-order valence-corrected chi connectivity index (χ2v) is 7.71. The Hall–Kier alpha value is -3.77. The summed E-state index contributed by atoms with van der Waals surface area (Å²) >= 11 is 1.54. The third kappa shape index (κ3) is 6.12. The summed E-state index contributed by atoms with van der Waals surface area (Å²) in [6.07, 6.45) is 0.00987. The van der Waals surface area contributed by atoms with Gasteiger partial charge in [-0.3, -0.25) is 4.79 Å². The third-order valence-corrected chi connectivity index (χ3v) is 5.18. The second kappa shape index (κ2) is 11.0. The number of carbonyl (C=O) groups is 2. The fourth-order valence-corrected chi connectivity index (χ4v) is 3.42. The molecule has 0 aliphatic rings. The van der Waals surface area contributed by atoms with Gasteiger partial charge in [0, 0.05) is 11.9 Å². The fourth-order valence-electron chi connectivity index (χ4n) is 2.82. The highest BCUT2D eigenvalue weighted by Gasteiger charge is 2.20. The van der Waals surface area contributed by atoms with Crippen molar-refractivity contribution in [1.82, 2.24) is 4.98 Å². The van der Waals surface area contributed by atoms with Gasteiger partial charge in [-0.25, -0.2) is 14.2 Å². The quantitative estimate of drug-likeness (QED) is 0.449. The zero-order chi connectivity index (χ0) is 22.9. The minimum atomic E-state index is -0.700. The molecule has 0 spiro atoms. The molecule has 32 heavy (non-hydrogen) atoms. The highest BCUT2D eigenvalue weighted by molar-refractivity contribution is 7.09. The number of carbonyl (C=O) groups excluding carboxylic acids is 2. The first kappa shape index (κ1) is 22.9. The molecule has 0 aliphatic heterocycles. The van der Waals surface area contributed by atoms with Gasteiger partial charge in [0.1, 0.15) is 18.2 Å². The topological polar surface area (TPSA) is 92.5 Å². The van der Waals surface area contributed by atoms with E-state index in [0.29, 0.717) is 12.4 Å². The molecule has 164 valence electrons. The number of hydrogen-bond donors (Lipinski definition) is 0. The van der Waals surface area contributed by atoms with Crippen LogP contribution in [0.2, 0.25) is 0 Å². The second-order valence-electron chi connectivity index (χ2n) is 6.65. The summed E-state index contributed by atoms with van der Waals surface area (Å²) in [4.78, 5) is 30.3. The van der Waals surface area contributed by atoms with Crippen LogP contribution in [0.15, 0.2) is 53.9 Å². The molecule has 1 heterocycles. The molecule has 0 bridgehead atoms. The summed E-state index contributed by atoms with van der Waals surface area (Å²) in [7, 11) is 0. The van der Waals surface area contributed by atoms with Crippen LogP contribution in [0.25, 0.3) is 0 Å². The molecule has 0 saturated heterocycles. The SMILES string of the molecule is Cc1nc(COc2ccc(C(=O)OCC(=O)N(CCC#N)c3ccccc3F)cc2)cs1. The number of aryl methyl sites for hydroxylation is 1.